The Morgan fingerprint density at radius 3 is 2.52 bits per heavy atom. The highest BCUT2D eigenvalue weighted by atomic mass is 35.5. The fraction of sp³-hybridized carbons (Fsp3) is 0.561. The molecule has 0 spiro atoms. The fourth-order valence-corrected chi connectivity index (χ4v) is 6.88. The number of benzene rings is 2. The van der Waals surface area contributed by atoms with Gasteiger partial charge in [-0.15, -0.1) is 0 Å². The molecule has 3 aromatic rings. The number of rotatable bonds is 24. The van der Waals surface area contributed by atoms with Gasteiger partial charge < -0.3 is 50.5 Å². The zero-order valence-corrected chi connectivity index (χ0v) is 32.0. The molecule has 0 bridgehead atoms. The number of nitrogens with zero attached hydrogens (tertiary/aromatic N) is 2. The summed E-state index contributed by atoms with van der Waals surface area (Å²) in [5.74, 6) is 1.17. The van der Waals surface area contributed by atoms with Crippen molar-refractivity contribution < 1.29 is 39.8 Å². The second kappa shape index (κ2) is 20.5. The first-order chi connectivity index (χ1) is 26.2. The van der Waals surface area contributed by atoms with Gasteiger partial charge in [-0.3, -0.25) is 4.98 Å². The highest BCUT2D eigenvalue weighted by Crippen LogP contribution is 2.50. The number of aliphatic hydroxyl groups is 5. The standard InChI is InChI=1S/C41H57ClN4O8/c1-28(6-4-5-18-46(19-22-53-23-21-48)40(52)44-27-37(50)39(51)36(49)14-20-47)29-9-12-35(42)30(24-29)25-45-41(15-16-41)34-26-43-17-13-32(34)33-7-2-3-8-38(33)54-31-10-11-31/h2-3,7-9,12-13,17,24,26,28,31,36-37,39,45,47-51H,4-6,10-11,14-16,18-23,25,27H2,1H3,(H,44,52)/t28?,36-,37+,39+/m1/s1. The van der Waals surface area contributed by atoms with Crippen LogP contribution in [0.2, 0.25) is 5.02 Å². The summed E-state index contributed by atoms with van der Waals surface area (Å²) in [7, 11) is 0. The number of urea groups is 1. The molecule has 2 amide bonds. The molecular weight excluding hydrogens is 712 g/mol. The highest BCUT2D eigenvalue weighted by Gasteiger charge is 2.46. The summed E-state index contributed by atoms with van der Waals surface area (Å²) >= 11 is 6.75. The number of unbranched alkanes of at least 4 members (excludes halogenated alkanes) is 1. The fourth-order valence-electron chi connectivity index (χ4n) is 6.70. The lowest BCUT2D eigenvalue weighted by molar-refractivity contribution is -0.0637. The van der Waals surface area contributed by atoms with E-state index in [0.29, 0.717) is 19.2 Å². The van der Waals surface area contributed by atoms with E-state index in [1.807, 2.05) is 24.5 Å². The van der Waals surface area contributed by atoms with Gasteiger partial charge in [0.1, 0.15) is 11.9 Å². The average Bonchev–Trinajstić information content (AvgIpc) is 4.13. The van der Waals surface area contributed by atoms with Gasteiger partial charge in [0.15, 0.2) is 0 Å². The Balaban J connectivity index is 1.14. The molecule has 13 heteroatoms. The lowest BCUT2D eigenvalue weighted by Gasteiger charge is -2.26. The Morgan fingerprint density at radius 1 is 0.981 bits per heavy atom. The van der Waals surface area contributed by atoms with Crippen molar-refractivity contribution in [2.45, 2.75) is 101 Å². The van der Waals surface area contributed by atoms with Crippen LogP contribution in [0.3, 0.4) is 0 Å². The summed E-state index contributed by atoms with van der Waals surface area (Å²) in [5.41, 5.74) is 5.44. The number of aromatic nitrogens is 1. The zero-order valence-electron chi connectivity index (χ0n) is 31.2. The summed E-state index contributed by atoms with van der Waals surface area (Å²) in [5, 5.41) is 55.4. The minimum atomic E-state index is -1.51. The molecule has 4 atom stereocenters. The van der Waals surface area contributed by atoms with Crippen LogP contribution in [0.15, 0.2) is 60.9 Å². The molecule has 12 nitrogen and oxygen atoms in total. The van der Waals surface area contributed by atoms with Crippen LogP contribution < -0.4 is 15.4 Å². The van der Waals surface area contributed by atoms with Crippen LogP contribution in [0.4, 0.5) is 4.79 Å². The van der Waals surface area contributed by atoms with Crippen molar-refractivity contribution in [1.82, 2.24) is 20.5 Å². The van der Waals surface area contributed by atoms with Crippen LogP contribution in [-0.4, -0.2) is 112 Å². The number of aliphatic hydroxyl groups excluding tert-OH is 5. The number of hydrogen-bond donors (Lipinski definition) is 7. The monoisotopic (exact) mass is 768 g/mol. The van der Waals surface area contributed by atoms with E-state index in [4.69, 9.17) is 31.3 Å². The highest BCUT2D eigenvalue weighted by molar-refractivity contribution is 6.31. The van der Waals surface area contributed by atoms with Crippen molar-refractivity contribution in [2.24, 2.45) is 0 Å². The molecule has 5 rings (SSSR count). The van der Waals surface area contributed by atoms with Gasteiger partial charge in [0.2, 0.25) is 0 Å². The quantitative estimate of drug-likeness (QED) is 0.0644. The van der Waals surface area contributed by atoms with Crippen LogP contribution in [0.5, 0.6) is 5.75 Å². The number of hydrogen-bond acceptors (Lipinski definition) is 10. The maximum absolute atomic E-state index is 13.0. The summed E-state index contributed by atoms with van der Waals surface area (Å²) in [4.78, 5) is 19.1. The summed E-state index contributed by atoms with van der Waals surface area (Å²) in [6.45, 7) is 3.20. The summed E-state index contributed by atoms with van der Waals surface area (Å²) in [6, 6.07) is 16.1. The molecule has 54 heavy (non-hydrogen) atoms. The van der Waals surface area contributed by atoms with Gasteiger partial charge in [0, 0.05) is 61.3 Å². The normalized spacial score (nSPS) is 17.0. The van der Waals surface area contributed by atoms with Crippen molar-refractivity contribution in [2.75, 3.05) is 46.1 Å². The van der Waals surface area contributed by atoms with Gasteiger partial charge in [0.25, 0.3) is 0 Å². The lowest BCUT2D eigenvalue weighted by Crippen LogP contribution is -2.49. The Hall–Kier alpha value is -3.33. The molecule has 1 heterocycles. The third kappa shape index (κ3) is 11.8. The number of halogens is 1. The van der Waals surface area contributed by atoms with E-state index in [1.165, 1.54) is 11.1 Å². The number of amides is 2. The first-order valence-electron chi connectivity index (χ1n) is 19.3. The number of para-hydroxylation sites is 1. The first-order valence-corrected chi connectivity index (χ1v) is 19.6. The van der Waals surface area contributed by atoms with E-state index in [2.05, 4.69) is 58.9 Å². The van der Waals surface area contributed by atoms with Crippen LogP contribution in [0.25, 0.3) is 11.1 Å². The van der Waals surface area contributed by atoms with E-state index in [9.17, 15) is 20.1 Å². The van der Waals surface area contributed by atoms with Gasteiger partial charge in [-0.2, -0.15) is 0 Å². The number of ether oxygens (including phenoxy) is 2. The Morgan fingerprint density at radius 2 is 1.78 bits per heavy atom. The maximum Gasteiger partial charge on any atom is 0.317 e. The number of carbonyl (C=O) groups is 1. The van der Waals surface area contributed by atoms with Gasteiger partial charge >= 0.3 is 6.03 Å². The van der Waals surface area contributed by atoms with Gasteiger partial charge in [-0.1, -0.05) is 55.3 Å². The molecule has 0 aliphatic heterocycles. The van der Waals surface area contributed by atoms with E-state index in [0.717, 1.165) is 72.4 Å². The molecule has 0 saturated heterocycles. The van der Waals surface area contributed by atoms with Crippen LogP contribution in [0, 0.1) is 0 Å². The van der Waals surface area contributed by atoms with Crippen molar-refractivity contribution >= 4 is 17.6 Å². The minimum absolute atomic E-state index is 0.0899. The smallest absolute Gasteiger partial charge is 0.317 e. The Bertz CT molecular complexity index is 1620. The van der Waals surface area contributed by atoms with Gasteiger partial charge in [0.05, 0.1) is 38.1 Å². The van der Waals surface area contributed by atoms with E-state index < -0.39 is 24.3 Å². The lowest BCUT2D eigenvalue weighted by atomic mass is 9.93. The molecular formula is C41H57ClN4O8. The zero-order chi connectivity index (χ0) is 38.5. The predicted octanol–water partition coefficient (Wildman–Crippen LogP) is 4.48. The Kier molecular flexibility index (Phi) is 15.9. The molecule has 2 saturated carbocycles. The van der Waals surface area contributed by atoms with Crippen molar-refractivity contribution in [3.05, 3.63) is 82.6 Å². The SMILES string of the molecule is CC(CCCCN(CCOCCO)C(=O)NC[C@H](O)[C@@H](O)[C@H](O)CCO)c1ccc(Cl)c(CNC2(c3cnccc3-c3ccccc3OC3CC3)CC2)c1. The van der Waals surface area contributed by atoms with Gasteiger partial charge in [-0.05, 0) is 91.3 Å². The summed E-state index contributed by atoms with van der Waals surface area (Å²) < 4.78 is 11.7. The van der Waals surface area contributed by atoms with Crippen LogP contribution in [-0.2, 0) is 16.8 Å². The van der Waals surface area contributed by atoms with E-state index in [-0.39, 0.29) is 57.4 Å². The van der Waals surface area contributed by atoms with E-state index in [1.54, 1.807) is 4.90 Å². The number of pyridine rings is 1. The molecule has 2 fully saturated rings. The first kappa shape index (κ1) is 41.8. The van der Waals surface area contributed by atoms with Crippen LogP contribution >= 0.6 is 11.6 Å². The predicted molar refractivity (Wildman–Crippen MR) is 207 cm³/mol. The molecule has 7 N–H and O–H groups in total. The Labute approximate surface area is 323 Å². The second-order valence-electron chi connectivity index (χ2n) is 14.6. The van der Waals surface area contributed by atoms with E-state index >= 15 is 0 Å². The molecule has 2 aliphatic rings. The van der Waals surface area contributed by atoms with Crippen LogP contribution in [0.1, 0.15) is 80.9 Å². The third-order valence-corrected chi connectivity index (χ3v) is 10.7. The molecule has 2 aromatic carbocycles. The summed E-state index contributed by atoms with van der Waals surface area (Å²) in [6.07, 6.45) is 6.50. The van der Waals surface area contributed by atoms with Crippen molar-refractivity contribution in [3.8, 4) is 16.9 Å². The molecule has 1 aromatic heterocycles. The largest absolute Gasteiger partial charge is 0.490 e. The van der Waals surface area contributed by atoms with Crippen molar-refractivity contribution in [3.63, 3.8) is 0 Å². The number of nitrogens with one attached hydrogen (secondary N) is 2. The molecule has 296 valence electrons. The molecule has 1 unspecified atom stereocenters. The second-order valence-corrected chi connectivity index (χ2v) is 15.0. The average molecular weight is 769 g/mol. The maximum atomic E-state index is 13.0. The van der Waals surface area contributed by atoms with Gasteiger partial charge in [-0.25, -0.2) is 4.79 Å². The minimum Gasteiger partial charge on any atom is -0.490 e. The topological polar surface area (TPSA) is 177 Å². The number of carbonyl (C=O) groups excluding carboxylic acids is 1. The third-order valence-electron chi connectivity index (χ3n) is 10.4. The molecule has 0 radical (unpaired) electrons. The molecule has 2 aliphatic carbocycles. The van der Waals surface area contributed by atoms with Crippen molar-refractivity contribution in [1.29, 1.82) is 0 Å².